The lowest BCUT2D eigenvalue weighted by Crippen LogP contribution is -2.39. The van der Waals surface area contributed by atoms with Crippen molar-refractivity contribution in [3.05, 3.63) is 0 Å². The molecule has 1 saturated heterocycles. The monoisotopic (exact) mass is 254 g/mol. The summed E-state index contributed by atoms with van der Waals surface area (Å²) in [6, 6.07) is 0.667. The molecule has 0 amide bonds. The van der Waals surface area contributed by atoms with Crippen molar-refractivity contribution in [1.82, 2.24) is 9.80 Å². The molecule has 2 aliphatic rings. The Morgan fingerprint density at radius 3 is 2.61 bits per heavy atom. The van der Waals surface area contributed by atoms with Gasteiger partial charge in [-0.3, -0.25) is 14.6 Å². The van der Waals surface area contributed by atoms with Crippen molar-refractivity contribution in [2.75, 3.05) is 32.7 Å². The Morgan fingerprint density at radius 1 is 1.22 bits per heavy atom. The third-order valence-corrected chi connectivity index (χ3v) is 4.50. The Morgan fingerprint density at radius 2 is 2.00 bits per heavy atom. The second-order valence-electron chi connectivity index (χ2n) is 5.94. The average Bonchev–Trinajstić information content (AvgIpc) is 2.48. The zero-order chi connectivity index (χ0) is 13.0. The number of carbonyl (C=O) groups is 1. The SMILES string of the molecule is CC(CC1CCC1)N1CCCN(CC(=O)O)CC1. The van der Waals surface area contributed by atoms with Gasteiger partial charge in [-0.25, -0.2) is 0 Å². The van der Waals surface area contributed by atoms with Crippen LogP contribution in [0.15, 0.2) is 0 Å². The minimum Gasteiger partial charge on any atom is -0.480 e. The van der Waals surface area contributed by atoms with Crippen LogP contribution in [-0.4, -0.2) is 59.6 Å². The van der Waals surface area contributed by atoms with E-state index in [1.165, 1.54) is 25.7 Å². The molecule has 2 rings (SSSR count). The van der Waals surface area contributed by atoms with Crippen LogP contribution in [-0.2, 0) is 4.79 Å². The van der Waals surface area contributed by atoms with Gasteiger partial charge >= 0.3 is 5.97 Å². The molecule has 0 radical (unpaired) electrons. The van der Waals surface area contributed by atoms with Gasteiger partial charge in [0.15, 0.2) is 0 Å². The predicted molar refractivity (Wildman–Crippen MR) is 71.7 cm³/mol. The van der Waals surface area contributed by atoms with Gasteiger partial charge in [-0.1, -0.05) is 19.3 Å². The van der Waals surface area contributed by atoms with Crippen LogP contribution in [0.2, 0.25) is 0 Å². The molecule has 1 aliphatic heterocycles. The summed E-state index contributed by atoms with van der Waals surface area (Å²) in [6.07, 6.45) is 6.69. The number of hydrogen-bond acceptors (Lipinski definition) is 3. The molecule has 0 aromatic heterocycles. The van der Waals surface area contributed by atoms with E-state index < -0.39 is 5.97 Å². The lowest BCUT2D eigenvalue weighted by atomic mass is 9.81. The third kappa shape index (κ3) is 3.95. The zero-order valence-corrected chi connectivity index (χ0v) is 11.5. The summed E-state index contributed by atoms with van der Waals surface area (Å²) >= 11 is 0. The van der Waals surface area contributed by atoms with Crippen molar-refractivity contribution in [2.45, 2.75) is 45.1 Å². The highest BCUT2D eigenvalue weighted by Crippen LogP contribution is 2.31. The minimum atomic E-state index is -0.703. The van der Waals surface area contributed by atoms with Gasteiger partial charge in [0.1, 0.15) is 0 Å². The molecule has 0 spiro atoms. The molecular formula is C14H26N2O2. The summed E-state index contributed by atoms with van der Waals surface area (Å²) in [5.41, 5.74) is 0. The molecule has 1 heterocycles. The van der Waals surface area contributed by atoms with Gasteiger partial charge in [0, 0.05) is 25.7 Å². The van der Waals surface area contributed by atoms with Crippen molar-refractivity contribution < 1.29 is 9.90 Å². The Hall–Kier alpha value is -0.610. The summed E-state index contributed by atoms with van der Waals surface area (Å²) < 4.78 is 0. The summed E-state index contributed by atoms with van der Waals surface area (Å²) in [6.45, 7) is 6.53. The van der Waals surface area contributed by atoms with Gasteiger partial charge in [-0.05, 0) is 32.2 Å². The molecule has 104 valence electrons. The Labute approximate surface area is 110 Å². The quantitative estimate of drug-likeness (QED) is 0.810. The first kappa shape index (κ1) is 13.8. The topological polar surface area (TPSA) is 43.8 Å². The lowest BCUT2D eigenvalue weighted by Gasteiger charge is -2.34. The number of hydrogen-bond donors (Lipinski definition) is 1. The molecule has 1 aliphatic carbocycles. The number of nitrogens with zero attached hydrogens (tertiary/aromatic N) is 2. The van der Waals surface area contributed by atoms with Crippen molar-refractivity contribution >= 4 is 5.97 Å². The molecule has 1 N–H and O–H groups in total. The van der Waals surface area contributed by atoms with Crippen molar-refractivity contribution in [3.63, 3.8) is 0 Å². The average molecular weight is 254 g/mol. The van der Waals surface area contributed by atoms with Crippen molar-refractivity contribution in [2.24, 2.45) is 5.92 Å². The lowest BCUT2D eigenvalue weighted by molar-refractivity contribution is -0.138. The maximum atomic E-state index is 10.7. The van der Waals surface area contributed by atoms with Crippen LogP contribution in [0.4, 0.5) is 0 Å². The van der Waals surface area contributed by atoms with E-state index in [0.29, 0.717) is 6.04 Å². The fourth-order valence-corrected chi connectivity index (χ4v) is 3.14. The van der Waals surface area contributed by atoms with Crippen LogP contribution < -0.4 is 0 Å². The first-order valence-electron chi connectivity index (χ1n) is 7.33. The van der Waals surface area contributed by atoms with E-state index >= 15 is 0 Å². The zero-order valence-electron chi connectivity index (χ0n) is 11.5. The minimum absolute atomic E-state index is 0.199. The first-order chi connectivity index (χ1) is 8.65. The number of carboxylic acids is 1. The molecule has 2 fully saturated rings. The molecule has 0 aromatic carbocycles. The van der Waals surface area contributed by atoms with Crippen LogP contribution in [0.25, 0.3) is 0 Å². The largest absolute Gasteiger partial charge is 0.480 e. The molecule has 0 aromatic rings. The van der Waals surface area contributed by atoms with Gasteiger partial charge in [0.05, 0.1) is 6.54 Å². The molecule has 4 nitrogen and oxygen atoms in total. The van der Waals surface area contributed by atoms with Gasteiger partial charge in [0.2, 0.25) is 0 Å². The van der Waals surface area contributed by atoms with E-state index in [1.807, 2.05) is 0 Å². The molecule has 4 heteroatoms. The summed E-state index contributed by atoms with van der Waals surface area (Å²) in [5.74, 6) is 0.254. The fourth-order valence-electron chi connectivity index (χ4n) is 3.14. The predicted octanol–water partition coefficient (Wildman–Crippen LogP) is 1.66. The van der Waals surface area contributed by atoms with E-state index in [2.05, 4.69) is 16.7 Å². The molecule has 18 heavy (non-hydrogen) atoms. The van der Waals surface area contributed by atoms with E-state index in [-0.39, 0.29) is 6.54 Å². The van der Waals surface area contributed by atoms with E-state index in [9.17, 15) is 4.79 Å². The smallest absolute Gasteiger partial charge is 0.317 e. The van der Waals surface area contributed by atoms with Crippen molar-refractivity contribution in [1.29, 1.82) is 0 Å². The van der Waals surface area contributed by atoms with Gasteiger partial charge in [-0.15, -0.1) is 0 Å². The number of carboxylic acid groups (broad SMARTS) is 1. The van der Waals surface area contributed by atoms with Gasteiger partial charge < -0.3 is 5.11 Å². The molecular weight excluding hydrogens is 228 g/mol. The van der Waals surface area contributed by atoms with Gasteiger partial charge in [0.25, 0.3) is 0 Å². The standard InChI is InChI=1S/C14H26N2O2/c1-12(10-13-4-2-5-13)16-7-3-6-15(8-9-16)11-14(17)18/h12-13H,2-11H2,1H3,(H,17,18). The van der Waals surface area contributed by atoms with E-state index in [1.54, 1.807) is 0 Å². The number of aliphatic carboxylic acids is 1. The van der Waals surface area contributed by atoms with E-state index in [4.69, 9.17) is 5.11 Å². The Kier molecular flexibility index (Phi) is 5.01. The highest BCUT2D eigenvalue weighted by atomic mass is 16.4. The Bertz CT molecular complexity index is 279. The fraction of sp³-hybridized carbons (Fsp3) is 0.929. The molecule has 0 bridgehead atoms. The van der Waals surface area contributed by atoms with Crippen LogP contribution in [0.1, 0.15) is 39.0 Å². The van der Waals surface area contributed by atoms with Crippen LogP contribution in [0.3, 0.4) is 0 Å². The first-order valence-corrected chi connectivity index (χ1v) is 7.33. The summed E-state index contributed by atoms with van der Waals surface area (Å²) in [5, 5.41) is 8.84. The van der Waals surface area contributed by atoms with Gasteiger partial charge in [-0.2, -0.15) is 0 Å². The third-order valence-electron chi connectivity index (χ3n) is 4.50. The Balaban J connectivity index is 1.74. The highest BCUT2D eigenvalue weighted by molar-refractivity contribution is 5.69. The molecule has 1 atom stereocenters. The maximum Gasteiger partial charge on any atom is 0.317 e. The summed E-state index contributed by atoms with van der Waals surface area (Å²) in [4.78, 5) is 15.4. The van der Waals surface area contributed by atoms with Crippen LogP contribution in [0, 0.1) is 5.92 Å². The second-order valence-corrected chi connectivity index (χ2v) is 5.94. The molecule has 1 saturated carbocycles. The second kappa shape index (κ2) is 6.53. The normalized spacial score (nSPS) is 25.4. The summed E-state index contributed by atoms with van der Waals surface area (Å²) in [7, 11) is 0. The van der Waals surface area contributed by atoms with Crippen LogP contribution in [0.5, 0.6) is 0 Å². The maximum absolute atomic E-state index is 10.7. The molecule has 1 unspecified atom stereocenters. The highest BCUT2D eigenvalue weighted by Gasteiger charge is 2.25. The van der Waals surface area contributed by atoms with Crippen LogP contribution >= 0.6 is 0 Å². The van der Waals surface area contributed by atoms with E-state index in [0.717, 1.165) is 38.5 Å². The number of rotatable bonds is 5. The van der Waals surface area contributed by atoms with Crippen molar-refractivity contribution in [3.8, 4) is 0 Å².